The van der Waals surface area contributed by atoms with Crippen LogP contribution in [0.4, 0.5) is 4.79 Å². The molecular weight excluding hydrogens is 486 g/mol. The van der Waals surface area contributed by atoms with Crippen molar-refractivity contribution in [2.45, 2.75) is 72.6 Å². The molecule has 1 aliphatic rings. The van der Waals surface area contributed by atoms with E-state index in [0.717, 1.165) is 34.5 Å². The summed E-state index contributed by atoms with van der Waals surface area (Å²) in [4.78, 5) is 24.9. The molecule has 1 amide bonds. The second-order valence-corrected chi connectivity index (χ2v) is 11.9. The molecule has 206 valence electrons. The maximum absolute atomic E-state index is 12.4. The monoisotopic (exact) mass is 527 g/mol. The molecule has 1 aliphatic heterocycles. The van der Waals surface area contributed by atoms with Crippen molar-refractivity contribution >= 4 is 17.4 Å². The van der Waals surface area contributed by atoms with Gasteiger partial charge in [-0.05, 0) is 60.4 Å². The van der Waals surface area contributed by atoms with Crippen molar-refractivity contribution in [1.29, 1.82) is 0 Å². The summed E-state index contributed by atoms with van der Waals surface area (Å²) in [6.07, 6.45) is 4.12. The fourth-order valence-corrected chi connectivity index (χ4v) is 4.56. The fraction of sp³-hybridized carbons (Fsp3) is 0.406. The van der Waals surface area contributed by atoms with Gasteiger partial charge in [-0.15, -0.1) is 0 Å². The quantitative estimate of drug-likeness (QED) is 0.290. The Morgan fingerprint density at radius 3 is 2.03 bits per heavy atom. The average Bonchev–Trinajstić information content (AvgIpc) is 3.56. The van der Waals surface area contributed by atoms with Crippen molar-refractivity contribution < 1.29 is 9.53 Å². The Balaban J connectivity index is 1.42. The highest BCUT2D eigenvalue weighted by Gasteiger charge is 2.25. The molecule has 0 bridgehead atoms. The molecule has 0 fully saturated rings. The molecule has 7 heteroatoms. The Kier molecular flexibility index (Phi) is 8.40. The van der Waals surface area contributed by atoms with Crippen LogP contribution in [0.25, 0.3) is 28.0 Å². The number of carbonyl (C=O) groups is 1. The number of alkyl carbamates (subject to hydrolysis) is 1. The number of nitrogens with zero attached hydrogens (tertiary/aromatic N) is 2. The first-order valence-corrected chi connectivity index (χ1v) is 13.7. The zero-order valence-corrected chi connectivity index (χ0v) is 24.1. The van der Waals surface area contributed by atoms with Crippen molar-refractivity contribution in [3.8, 4) is 22.4 Å². The van der Waals surface area contributed by atoms with Gasteiger partial charge in [-0.3, -0.25) is 4.99 Å². The Bertz CT molecular complexity index is 1340. The van der Waals surface area contributed by atoms with Gasteiger partial charge < -0.3 is 20.8 Å². The molecule has 7 nitrogen and oxygen atoms in total. The molecule has 0 aliphatic carbocycles. The van der Waals surface area contributed by atoms with Gasteiger partial charge in [0, 0.05) is 24.4 Å². The second-order valence-electron chi connectivity index (χ2n) is 11.9. The number of imidazole rings is 1. The van der Waals surface area contributed by atoms with E-state index in [9.17, 15) is 4.79 Å². The molecule has 2 heterocycles. The van der Waals surface area contributed by atoms with Gasteiger partial charge in [0.05, 0.1) is 17.9 Å². The van der Waals surface area contributed by atoms with Gasteiger partial charge in [0.25, 0.3) is 0 Å². The van der Waals surface area contributed by atoms with E-state index in [2.05, 4.69) is 82.7 Å². The summed E-state index contributed by atoms with van der Waals surface area (Å²) < 4.78 is 5.44. The van der Waals surface area contributed by atoms with E-state index in [1.165, 1.54) is 11.1 Å². The van der Waals surface area contributed by atoms with Crippen molar-refractivity contribution in [3.05, 3.63) is 72.3 Å². The van der Waals surface area contributed by atoms with E-state index in [0.29, 0.717) is 11.7 Å². The van der Waals surface area contributed by atoms with Crippen LogP contribution in [0.5, 0.6) is 0 Å². The zero-order chi connectivity index (χ0) is 28.3. The fourth-order valence-electron chi connectivity index (χ4n) is 4.56. The van der Waals surface area contributed by atoms with E-state index in [1.54, 1.807) is 0 Å². The van der Waals surface area contributed by atoms with Gasteiger partial charge in [0.2, 0.25) is 0 Å². The number of ether oxygens (including phenoxy) is 1. The van der Waals surface area contributed by atoms with Crippen molar-refractivity contribution in [1.82, 2.24) is 15.3 Å². The summed E-state index contributed by atoms with van der Waals surface area (Å²) in [5.41, 5.74) is 13.4. The molecule has 0 radical (unpaired) electrons. The van der Waals surface area contributed by atoms with E-state index in [-0.39, 0.29) is 18.0 Å². The number of hydrogen-bond acceptors (Lipinski definition) is 5. The van der Waals surface area contributed by atoms with Crippen molar-refractivity contribution in [2.75, 3.05) is 0 Å². The highest BCUT2D eigenvalue weighted by molar-refractivity contribution is 6.01. The van der Waals surface area contributed by atoms with Crippen LogP contribution >= 0.6 is 0 Å². The van der Waals surface area contributed by atoms with Crippen LogP contribution in [0.2, 0.25) is 0 Å². The van der Waals surface area contributed by atoms with Crippen LogP contribution in [0.15, 0.2) is 65.9 Å². The highest BCUT2D eigenvalue weighted by Crippen LogP contribution is 2.30. The molecule has 39 heavy (non-hydrogen) atoms. The molecule has 0 saturated heterocycles. The number of hydrogen-bond donors (Lipinski definition) is 3. The van der Waals surface area contributed by atoms with E-state index in [4.69, 9.17) is 10.5 Å². The van der Waals surface area contributed by atoms with Crippen molar-refractivity contribution in [3.63, 3.8) is 0 Å². The van der Waals surface area contributed by atoms with Crippen LogP contribution < -0.4 is 11.1 Å². The van der Waals surface area contributed by atoms with Gasteiger partial charge in [0.15, 0.2) is 0 Å². The zero-order valence-electron chi connectivity index (χ0n) is 24.1. The Morgan fingerprint density at radius 2 is 1.49 bits per heavy atom. The van der Waals surface area contributed by atoms with Crippen LogP contribution in [0, 0.1) is 11.8 Å². The predicted molar refractivity (Wildman–Crippen MR) is 159 cm³/mol. The van der Waals surface area contributed by atoms with E-state index < -0.39 is 11.7 Å². The van der Waals surface area contributed by atoms with Gasteiger partial charge in [-0.2, -0.15) is 0 Å². The molecule has 3 aromatic rings. The lowest BCUT2D eigenvalue weighted by atomic mass is 9.93. The summed E-state index contributed by atoms with van der Waals surface area (Å²) in [6.45, 7) is 13.9. The van der Waals surface area contributed by atoms with Crippen LogP contribution in [-0.2, 0) is 4.74 Å². The number of H-pyrrole nitrogens is 1. The lowest BCUT2D eigenvalue weighted by molar-refractivity contribution is 0.0486. The lowest BCUT2D eigenvalue weighted by Crippen LogP contribution is -2.37. The first-order valence-electron chi connectivity index (χ1n) is 13.7. The predicted octanol–water partition coefficient (Wildman–Crippen LogP) is 7.13. The number of nitrogens with two attached hydrogens (primary N) is 1. The van der Waals surface area contributed by atoms with Gasteiger partial charge in [-0.1, -0.05) is 76.2 Å². The first kappa shape index (κ1) is 28.3. The summed E-state index contributed by atoms with van der Waals surface area (Å²) in [7, 11) is 0. The minimum absolute atomic E-state index is 0.0000125. The summed E-state index contributed by atoms with van der Waals surface area (Å²) in [6, 6.07) is 16.7. The Morgan fingerprint density at radius 1 is 0.923 bits per heavy atom. The van der Waals surface area contributed by atoms with Crippen LogP contribution in [-0.4, -0.2) is 33.4 Å². The minimum Gasteiger partial charge on any atom is -0.444 e. The maximum Gasteiger partial charge on any atom is 0.408 e. The molecule has 2 aromatic carbocycles. The first-order chi connectivity index (χ1) is 18.4. The molecule has 4 N–H and O–H groups in total. The van der Waals surface area contributed by atoms with Crippen LogP contribution in [0.3, 0.4) is 0 Å². The van der Waals surface area contributed by atoms with E-state index >= 15 is 0 Å². The summed E-state index contributed by atoms with van der Waals surface area (Å²) >= 11 is 0. The number of allylic oxidation sites excluding steroid dienone is 1. The largest absolute Gasteiger partial charge is 0.444 e. The minimum atomic E-state index is -0.560. The Labute approximate surface area is 232 Å². The molecule has 4 rings (SSSR count). The number of carbonyl (C=O) groups excluding carboxylic acids is 1. The standard InChI is InChI=1S/C32H41N5O2/c1-19(2)28(33)26-16-25(17-34-26)23-10-8-21(9-11-23)22-12-14-24(15-13-22)27-18-35-30(36-27)29(20(3)4)37-31(38)39-32(5,6)7/h8-15,17-20,28-29H,16,33H2,1-7H3,(H,35,36)(H,37,38)/t28-,29-/m0/s1. The summed E-state index contributed by atoms with van der Waals surface area (Å²) in [5.74, 6) is 1.21. The third-order valence-electron chi connectivity index (χ3n) is 6.87. The number of benzene rings is 2. The molecule has 0 spiro atoms. The molecule has 0 saturated carbocycles. The van der Waals surface area contributed by atoms with Crippen molar-refractivity contribution in [2.24, 2.45) is 22.6 Å². The molecule has 2 atom stereocenters. The molecule has 0 unspecified atom stereocenters. The van der Waals surface area contributed by atoms with Gasteiger partial charge in [0.1, 0.15) is 11.4 Å². The third-order valence-corrected chi connectivity index (χ3v) is 6.87. The number of aromatic amines is 1. The molecule has 1 aromatic heterocycles. The maximum atomic E-state index is 12.4. The number of nitrogens with one attached hydrogen (secondary N) is 2. The van der Waals surface area contributed by atoms with Crippen LogP contribution in [0.1, 0.15) is 72.3 Å². The van der Waals surface area contributed by atoms with Gasteiger partial charge >= 0.3 is 6.09 Å². The molecular formula is C32H41N5O2. The smallest absolute Gasteiger partial charge is 0.408 e. The number of rotatable bonds is 8. The SMILES string of the molecule is CC(C)[C@H](N)C1=NC=C(c2ccc(-c3ccc(-c4cnc([C@@H](NC(=O)OC(C)(C)C)C(C)C)[nH]4)cc3)cc2)C1. The van der Waals surface area contributed by atoms with Gasteiger partial charge in [-0.25, -0.2) is 9.78 Å². The number of amides is 1. The topological polar surface area (TPSA) is 105 Å². The number of aromatic nitrogens is 2. The average molecular weight is 528 g/mol. The third kappa shape index (κ3) is 7.03. The normalized spacial score (nSPS) is 15.2. The highest BCUT2D eigenvalue weighted by atomic mass is 16.6. The van der Waals surface area contributed by atoms with E-state index in [1.807, 2.05) is 47.0 Å². The Hall–Kier alpha value is -3.71. The number of aliphatic imine (C=N–C) groups is 1. The summed E-state index contributed by atoms with van der Waals surface area (Å²) in [5, 5.41) is 2.95. The lowest BCUT2D eigenvalue weighted by Gasteiger charge is -2.24. The second kappa shape index (κ2) is 11.6.